The number of methoxy groups -OCH3 is 1. The third-order valence-corrected chi connectivity index (χ3v) is 3.51. The van der Waals surface area contributed by atoms with Crippen LogP contribution in [0.4, 0.5) is 4.79 Å². The molecule has 0 amide bonds. The van der Waals surface area contributed by atoms with Gasteiger partial charge in [0, 0.05) is 0 Å². The van der Waals surface area contributed by atoms with Crippen LogP contribution in [0.1, 0.15) is 0 Å². The fourth-order valence-electron chi connectivity index (χ4n) is 0.626. The molecule has 0 unspecified atom stereocenters. The van der Waals surface area contributed by atoms with Gasteiger partial charge in [0.25, 0.3) is 0 Å². The average Bonchev–Trinajstić information content (AvgIpc) is 2.06. The molecule has 0 saturated carbocycles. The normalized spacial score (nSPS) is 9.18. The molecule has 0 aromatic heterocycles. The van der Waals surface area contributed by atoms with Gasteiger partial charge in [-0.25, -0.2) is 0 Å². The van der Waals surface area contributed by atoms with Gasteiger partial charge in [-0.15, -0.1) is 0 Å². The minimum atomic E-state index is -0.771. The van der Waals surface area contributed by atoms with Crippen molar-refractivity contribution in [1.82, 2.24) is 0 Å². The molecule has 0 fully saturated rings. The zero-order chi connectivity index (χ0) is 8.10. The van der Waals surface area contributed by atoms with Crippen LogP contribution in [-0.2, 0) is 4.74 Å². The number of hydrogen-bond donors (Lipinski definition) is 0. The van der Waals surface area contributed by atoms with E-state index in [-0.39, 0.29) is 4.02 Å². The third-order valence-electron chi connectivity index (χ3n) is 1.11. The van der Waals surface area contributed by atoms with Gasteiger partial charge in [-0.05, 0) is 0 Å². The van der Waals surface area contributed by atoms with Crippen LogP contribution in [0.25, 0.3) is 0 Å². The molecule has 2 nitrogen and oxygen atoms in total. The molecule has 0 aliphatic rings. The summed E-state index contributed by atoms with van der Waals surface area (Å²) in [5, 5.41) is 0. The van der Waals surface area contributed by atoms with Crippen molar-refractivity contribution < 1.29 is 9.53 Å². The quantitative estimate of drug-likeness (QED) is 0.738. The number of ether oxygens (including phenoxy) is 1. The Hall–Kier alpha value is -0.520. The van der Waals surface area contributed by atoms with Crippen molar-refractivity contribution in [1.29, 1.82) is 0 Å². The van der Waals surface area contributed by atoms with Crippen LogP contribution >= 0.6 is 0 Å². The molecule has 1 rings (SSSR count). The molecular weight excluding hydrogens is 256 g/mol. The van der Waals surface area contributed by atoms with Gasteiger partial charge in [-0.1, -0.05) is 0 Å². The van der Waals surface area contributed by atoms with Gasteiger partial charge in [-0.3, -0.25) is 0 Å². The van der Waals surface area contributed by atoms with E-state index in [0.717, 1.165) is 3.61 Å². The third kappa shape index (κ3) is 2.92. The Labute approximate surface area is 75.6 Å². The van der Waals surface area contributed by atoms with Crippen LogP contribution in [0, 0.1) is 0 Å². The van der Waals surface area contributed by atoms with E-state index in [1.807, 2.05) is 30.3 Å². The fraction of sp³-hybridized carbons (Fsp3) is 0.125. The van der Waals surface area contributed by atoms with Crippen LogP contribution in [0.15, 0.2) is 30.3 Å². The van der Waals surface area contributed by atoms with E-state index >= 15 is 0 Å². The minimum absolute atomic E-state index is 0.0680. The molecule has 3 heteroatoms. The first-order valence-corrected chi connectivity index (χ1v) is 5.47. The molecule has 0 saturated heterocycles. The second-order valence-electron chi connectivity index (χ2n) is 1.87. The van der Waals surface area contributed by atoms with Crippen LogP contribution in [0.2, 0.25) is 0 Å². The van der Waals surface area contributed by atoms with Gasteiger partial charge in [0.05, 0.1) is 0 Å². The zero-order valence-corrected chi connectivity index (χ0v) is 8.44. The van der Waals surface area contributed by atoms with Gasteiger partial charge in [0.15, 0.2) is 0 Å². The van der Waals surface area contributed by atoms with Crippen molar-refractivity contribution >= 4 is 28.6 Å². The van der Waals surface area contributed by atoms with E-state index in [1.54, 1.807) is 0 Å². The van der Waals surface area contributed by atoms with Crippen LogP contribution in [-0.4, -0.2) is 32.1 Å². The summed E-state index contributed by atoms with van der Waals surface area (Å²) in [5.41, 5.74) is 0. The first-order chi connectivity index (χ1) is 5.33. The molecule has 0 spiro atoms. The van der Waals surface area contributed by atoms with E-state index < -0.39 is 20.9 Å². The molecule has 0 aliphatic heterocycles. The Bertz CT molecular complexity index is 233. The molecule has 58 valence electrons. The zero-order valence-electron chi connectivity index (χ0n) is 6.11. The van der Waals surface area contributed by atoms with Crippen molar-refractivity contribution in [2.75, 3.05) is 7.11 Å². The first-order valence-electron chi connectivity index (χ1n) is 3.14. The summed E-state index contributed by atoms with van der Waals surface area (Å²) in [7, 11) is 1.43. The molecule has 0 bridgehead atoms. The maximum atomic E-state index is 10.8. The van der Waals surface area contributed by atoms with Crippen LogP contribution in [0.3, 0.4) is 0 Å². The Morgan fingerprint density at radius 1 is 1.36 bits per heavy atom. The number of rotatable bonds is 2. The van der Waals surface area contributed by atoms with Crippen molar-refractivity contribution in [3.63, 3.8) is 0 Å². The molecule has 1 aromatic carbocycles. The van der Waals surface area contributed by atoms with Crippen molar-refractivity contribution in [2.24, 2.45) is 0 Å². The van der Waals surface area contributed by atoms with Crippen LogP contribution < -0.4 is 3.61 Å². The standard InChI is InChI=1S/C8H8O2Te/c1-10-8(9)11-7-5-3-2-4-6-7/h2-6H,1H3. The molecule has 0 aliphatic carbocycles. The SMILES string of the molecule is COC(=O)[Te]c1ccccc1. The molecule has 0 radical (unpaired) electrons. The summed E-state index contributed by atoms with van der Waals surface area (Å²) in [6.07, 6.45) is 0. The number of benzene rings is 1. The summed E-state index contributed by atoms with van der Waals surface area (Å²) in [6, 6.07) is 9.72. The van der Waals surface area contributed by atoms with Gasteiger partial charge in [-0.2, -0.15) is 0 Å². The molecule has 11 heavy (non-hydrogen) atoms. The van der Waals surface area contributed by atoms with Crippen molar-refractivity contribution in [2.45, 2.75) is 0 Å². The summed E-state index contributed by atoms with van der Waals surface area (Å²) in [5.74, 6) is 0. The molecular formula is C8H8O2Te. The average molecular weight is 264 g/mol. The predicted octanol–water partition coefficient (Wildman–Crippen LogP) is 0.783. The summed E-state index contributed by atoms with van der Waals surface area (Å²) >= 11 is -0.771. The van der Waals surface area contributed by atoms with Gasteiger partial charge >= 0.3 is 75.5 Å². The van der Waals surface area contributed by atoms with E-state index in [9.17, 15) is 4.79 Å². The van der Waals surface area contributed by atoms with Gasteiger partial charge < -0.3 is 0 Å². The second kappa shape index (κ2) is 4.38. The Morgan fingerprint density at radius 2 is 2.00 bits per heavy atom. The Morgan fingerprint density at radius 3 is 2.55 bits per heavy atom. The molecule has 0 N–H and O–H groups in total. The second-order valence-corrected chi connectivity index (χ2v) is 4.75. The van der Waals surface area contributed by atoms with Gasteiger partial charge in [0.2, 0.25) is 0 Å². The summed E-state index contributed by atoms with van der Waals surface area (Å²) in [6.45, 7) is 0. The van der Waals surface area contributed by atoms with E-state index in [4.69, 9.17) is 0 Å². The van der Waals surface area contributed by atoms with E-state index in [1.165, 1.54) is 7.11 Å². The number of carbonyl (C=O) groups excluding carboxylic acids is 1. The number of carbonyl (C=O) groups is 1. The van der Waals surface area contributed by atoms with Crippen LogP contribution in [0.5, 0.6) is 0 Å². The van der Waals surface area contributed by atoms with Crippen molar-refractivity contribution in [3.05, 3.63) is 30.3 Å². The fourth-order valence-corrected chi connectivity index (χ4v) is 2.25. The molecule has 0 heterocycles. The first kappa shape index (κ1) is 8.58. The summed E-state index contributed by atoms with van der Waals surface area (Å²) < 4.78 is 5.62. The Kier molecular flexibility index (Phi) is 3.41. The summed E-state index contributed by atoms with van der Waals surface area (Å²) in [4.78, 5) is 10.8. The maximum absolute atomic E-state index is 10.8. The van der Waals surface area contributed by atoms with E-state index in [2.05, 4.69) is 4.74 Å². The topological polar surface area (TPSA) is 26.3 Å². The number of hydrogen-bond acceptors (Lipinski definition) is 2. The van der Waals surface area contributed by atoms with E-state index in [0.29, 0.717) is 0 Å². The Balaban J connectivity index is 2.58. The van der Waals surface area contributed by atoms with Crippen molar-refractivity contribution in [3.8, 4) is 0 Å². The predicted molar refractivity (Wildman–Crippen MR) is 44.2 cm³/mol. The van der Waals surface area contributed by atoms with Gasteiger partial charge in [0.1, 0.15) is 0 Å². The monoisotopic (exact) mass is 266 g/mol. The molecule has 1 aromatic rings. The molecule has 0 atom stereocenters.